The number of nitrogens with one attached hydrogen (secondary N) is 1. The maximum atomic E-state index is 12.4. The fourth-order valence-electron chi connectivity index (χ4n) is 1.80. The molecule has 5 heteroatoms. The number of halogens is 1. The molecule has 1 rings (SSSR count). The highest BCUT2D eigenvalue weighted by Crippen LogP contribution is 2.20. The van der Waals surface area contributed by atoms with E-state index in [0.717, 1.165) is 25.9 Å². The predicted octanol–water partition coefficient (Wildman–Crippen LogP) is 3.43. The Hall–Kier alpha value is -1.29. The molecule has 106 valence electrons. The zero-order valence-electron chi connectivity index (χ0n) is 11.9. The number of carbonyl (C=O) groups excluding carboxylic acids is 1. The van der Waals surface area contributed by atoms with Crippen LogP contribution >= 0.6 is 11.6 Å². The molecule has 0 fully saturated rings. The van der Waals surface area contributed by atoms with Crippen LogP contribution in [0.4, 0.5) is 5.82 Å². The zero-order valence-corrected chi connectivity index (χ0v) is 12.6. The Morgan fingerprint density at radius 2 is 2.11 bits per heavy atom. The van der Waals surface area contributed by atoms with Crippen LogP contribution in [0.25, 0.3) is 0 Å². The summed E-state index contributed by atoms with van der Waals surface area (Å²) in [6.07, 6.45) is 3.47. The van der Waals surface area contributed by atoms with Gasteiger partial charge in [0.2, 0.25) is 0 Å². The number of carbonyl (C=O) groups is 1. The van der Waals surface area contributed by atoms with Crippen LogP contribution < -0.4 is 5.32 Å². The number of amides is 1. The Morgan fingerprint density at radius 1 is 1.37 bits per heavy atom. The maximum absolute atomic E-state index is 12.4. The third kappa shape index (κ3) is 4.39. The molecule has 0 aliphatic heterocycles. The molecule has 0 saturated heterocycles. The summed E-state index contributed by atoms with van der Waals surface area (Å²) in [5.41, 5.74) is 0.519. The molecule has 1 N–H and O–H groups in total. The summed E-state index contributed by atoms with van der Waals surface area (Å²) >= 11 is 6.09. The van der Waals surface area contributed by atoms with E-state index in [9.17, 15) is 4.79 Å². The maximum Gasteiger partial charge on any atom is 0.255 e. The van der Waals surface area contributed by atoms with Crippen molar-refractivity contribution in [3.8, 4) is 0 Å². The molecule has 1 aromatic heterocycles. The number of aromatic nitrogens is 1. The third-order valence-electron chi connectivity index (χ3n) is 2.80. The first kappa shape index (κ1) is 15.8. The second-order valence-corrected chi connectivity index (χ2v) is 4.77. The van der Waals surface area contributed by atoms with Gasteiger partial charge >= 0.3 is 0 Å². The lowest BCUT2D eigenvalue weighted by Gasteiger charge is -2.21. The minimum atomic E-state index is -0.0312. The summed E-state index contributed by atoms with van der Waals surface area (Å²) in [5, 5.41) is 3.57. The molecular formula is C14H22ClN3O. The van der Waals surface area contributed by atoms with E-state index in [1.807, 2.05) is 6.92 Å². The monoisotopic (exact) mass is 283 g/mol. The van der Waals surface area contributed by atoms with Crippen molar-refractivity contribution < 1.29 is 4.79 Å². The normalized spacial score (nSPS) is 10.3. The summed E-state index contributed by atoms with van der Waals surface area (Å²) in [6.45, 7) is 8.36. The van der Waals surface area contributed by atoms with Crippen molar-refractivity contribution in [3.05, 3.63) is 22.8 Å². The summed E-state index contributed by atoms with van der Waals surface area (Å²) in [4.78, 5) is 18.4. The van der Waals surface area contributed by atoms with Crippen LogP contribution in [-0.4, -0.2) is 35.4 Å². The molecular weight excluding hydrogens is 262 g/mol. The van der Waals surface area contributed by atoms with E-state index in [2.05, 4.69) is 24.1 Å². The molecule has 19 heavy (non-hydrogen) atoms. The van der Waals surface area contributed by atoms with Crippen LogP contribution in [0.2, 0.25) is 5.02 Å². The van der Waals surface area contributed by atoms with Gasteiger partial charge in [0.05, 0.1) is 10.6 Å². The van der Waals surface area contributed by atoms with Crippen LogP contribution in [0.3, 0.4) is 0 Å². The summed E-state index contributed by atoms with van der Waals surface area (Å²) in [6, 6.07) is 1.73. The van der Waals surface area contributed by atoms with Gasteiger partial charge in [-0.15, -0.1) is 0 Å². The molecule has 1 heterocycles. The summed E-state index contributed by atoms with van der Waals surface area (Å²) < 4.78 is 0. The molecule has 0 spiro atoms. The highest BCUT2D eigenvalue weighted by Gasteiger charge is 2.17. The predicted molar refractivity (Wildman–Crippen MR) is 79.9 cm³/mol. The first-order valence-corrected chi connectivity index (χ1v) is 7.20. The van der Waals surface area contributed by atoms with Crippen molar-refractivity contribution in [2.24, 2.45) is 0 Å². The van der Waals surface area contributed by atoms with E-state index in [-0.39, 0.29) is 5.91 Å². The van der Waals surface area contributed by atoms with Crippen LogP contribution in [-0.2, 0) is 0 Å². The van der Waals surface area contributed by atoms with Crippen LogP contribution in [0.15, 0.2) is 12.3 Å². The second kappa shape index (κ2) is 8.00. The standard InChI is InChI=1S/C14H22ClN3O/c1-4-7-16-13-9-11(12(15)10-17-13)14(19)18(6-3)8-5-2/h9-10H,4-8H2,1-3H3,(H,16,17). The zero-order chi connectivity index (χ0) is 14.3. The van der Waals surface area contributed by atoms with Gasteiger partial charge in [-0.25, -0.2) is 4.98 Å². The number of nitrogens with zero attached hydrogens (tertiary/aromatic N) is 2. The van der Waals surface area contributed by atoms with Gasteiger partial charge in [-0.1, -0.05) is 25.4 Å². The topological polar surface area (TPSA) is 45.2 Å². The van der Waals surface area contributed by atoms with Crippen LogP contribution in [0.1, 0.15) is 44.0 Å². The number of hydrogen-bond donors (Lipinski definition) is 1. The average Bonchev–Trinajstić information content (AvgIpc) is 2.43. The molecule has 0 radical (unpaired) electrons. The van der Waals surface area contributed by atoms with Crippen molar-refractivity contribution in [2.75, 3.05) is 25.0 Å². The van der Waals surface area contributed by atoms with Gasteiger partial charge in [-0.3, -0.25) is 4.79 Å². The molecule has 0 unspecified atom stereocenters. The fourth-order valence-corrected chi connectivity index (χ4v) is 1.98. The Bertz CT molecular complexity index is 423. The van der Waals surface area contributed by atoms with Gasteiger partial charge in [-0.05, 0) is 25.8 Å². The summed E-state index contributed by atoms with van der Waals surface area (Å²) in [7, 11) is 0. The first-order valence-electron chi connectivity index (χ1n) is 6.82. The molecule has 0 bridgehead atoms. The van der Waals surface area contributed by atoms with Crippen molar-refractivity contribution in [1.29, 1.82) is 0 Å². The van der Waals surface area contributed by atoms with Gasteiger partial charge in [0.25, 0.3) is 5.91 Å². The van der Waals surface area contributed by atoms with Crippen LogP contribution in [0.5, 0.6) is 0 Å². The number of hydrogen-bond acceptors (Lipinski definition) is 3. The van der Waals surface area contributed by atoms with Gasteiger partial charge < -0.3 is 10.2 Å². The SMILES string of the molecule is CCCNc1cc(C(=O)N(CC)CCC)c(Cl)cn1. The van der Waals surface area contributed by atoms with Crippen molar-refractivity contribution in [1.82, 2.24) is 9.88 Å². The lowest BCUT2D eigenvalue weighted by molar-refractivity contribution is 0.0764. The van der Waals surface area contributed by atoms with Crippen LogP contribution in [0, 0.1) is 0 Å². The minimum absolute atomic E-state index is 0.0312. The Labute approximate surface area is 120 Å². The van der Waals surface area contributed by atoms with Crippen molar-refractivity contribution in [3.63, 3.8) is 0 Å². The quantitative estimate of drug-likeness (QED) is 0.834. The van der Waals surface area contributed by atoms with E-state index < -0.39 is 0 Å². The number of pyridine rings is 1. The van der Waals surface area contributed by atoms with Gasteiger partial charge in [-0.2, -0.15) is 0 Å². The van der Waals surface area contributed by atoms with E-state index in [1.165, 1.54) is 6.20 Å². The molecule has 0 aliphatic carbocycles. The highest BCUT2D eigenvalue weighted by molar-refractivity contribution is 6.33. The smallest absolute Gasteiger partial charge is 0.255 e. The molecule has 1 aromatic rings. The Kier molecular flexibility index (Phi) is 6.64. The first-order chi connectivity index (χ1) is 9.13. The Morgan fingerprint density at radius 3 is 2.68 bits per heavy atom. The van der Waals surface area contributed by atoms with Gasteiger partial charge in [0.1, 0.15) is 5.82 Å². The van der Waals surface area contributed by atoms with E-state index in [0.29, 0.717) is 22.9 Å². The molecule has 0 atom stereocenters. The van der Waals surface area contributed by atoms with Crippen molar-refractivity contribution in [2.45, 2.75) is 33.6 Å². The number of rotatable bonds is 7. The van der Waals surface area contributed by atoms with E-state index in [4.69, 9.17) is 11.6 Å². The highest BCUT2D eigenvalue weighted by atomic mass is 35.5. The largest absolute Gasteiger partial charge is 0.370 e. The lowest BCUT2D eigenvalue weighted by Crippen LogP contribution is -2.31. The second-order valence-electron chi connectivity index (χ2n) is 4.36. The summed E-state index contributed by atoms with van der Waals surface area (Å²) in [5.74, 6) is 0.665. The molecule has 0 saturated carbocycles. The molecule has 0 aliphatic rings. The van der Waals surface area contributed by atoms with Gasteiger partial charge in [0.15, 0.2) is 0 Å². The number of anilines is 1. The molecule has 4 nitrogen and oxygen atoms in total. The average molecular weight is 284 g/mol. The minimum Gasteiger partial charge on any atom is -0.370 e. The van der Waals surface area contributed by atoms with E-state index >= 15 is 0 Å². The fraction of sp³-hybridized carbons (Fsp3) is 0.571. The lowest BCUT2D eigenvalue weighted by atomic mass is 10.2. The Balaban J connectivity index is 2.93. The van der Waals surface area contributed by atoms with E-state index in [1.54, 1.807) is 11.0 Å². The third-order valence-corrected chi connectivity index (χ3v) is 3.11. The van der Waals surface area contributed by atoms with Crippen molar-refractivity contribution >= 4 is 23.3 Å². The van der Waals surface area contributed by atoms with Gasteiger partial charge in [0, 0.05) is 25.8 Å². The molecule has 1 amide bonds. The molecule has 0 aromatic carbocycles.